The Morgan fingerprint density at radius 1 is 0.289 bits per heavy atom. The van der Waals surface area contributed by atoms with Crippen LogP contribution < -0.4 is 0 Å². The van der Waals surface area contributed by atoms with Crippen molar-refractivity contribution in [3.63, 3.8) is 0 Å². The van der Waals surface area contributed by atoms with E-state index in [1.54, 1.807) is 0 Å². The molecule has 9 aromatic carbocycles. The molecule has 208 valence electrons. The molecule has 1 nitrogen and oxygen atoms in total. The molecule has 0 saturated heterocycles. The molecule has 10 aromatic rings. The van der Waals surface area contributed by atoms with Gasteiger partial charge in [-0.05, 0) is 94.3 Å². The van der Waals surface area contributed by atoms with Crippen molar-refractivity contribution >= 4 is 75.8 Å². The molecule has 1 aromatic heterocycles. The smallest absolute Gasteiger partial charge is 0.136 e. The standard InChI is InChI=1S/C44H26O/c1-4-15-30-27(12-1)24-25-40-43(30)44-37(22-11-23-39(44)45-40)41-33-18-7-9-20-35(33)42(36-21-10-8-19-34(36)41)38-26-28-13-2-3-14-29(28)31-16-5-6-17-32(31)38/h1-26H. The van der Waals surface area contributed by atoms with Gasteiger partial charge < -0.3 is 4.42 Å². The molecule has 0 aliphatic rings. The SMILES string of the molecule is c1ccc2c(c1)cc(-c1c3ccccc3c(-c3cccc4oc5ccc6ccccc6c5c34)c3ccccc13)c1ccccc12. The van der Waals surface area contributed by atoms with Crippen molar-refractivity contribution in [3.8, 4) is 22.3 Å². The van der Waals surface area contributed by atoms with Crippen LogP contribution in [0.3, 0.4) is 0 Å². The van der Waals surface area contributed by atoms with Gasteiger partial charge >= 0.3 is 0 Å². The van der Waals surface area contributed by atoms with Crippen LogP contribution in [0.1, 0.15) is 0 Å². The zero-order valence-corrected chi connectivity index (χ0v) is 24.4. The summed E-state index contributed by atoms with van der Waals surface area (Å²) in [4.78, 5) is 0. The van der Waals surface area contributed by atoms with E-state index in [0.717, 1.165) is 11.2 Å². The van der Waals surface area contributed by atoms with Gasteiger partial charge in [0.15, 0.2) is 0 Å². The number of rotatable bonds is 2. The average Bonchev–Trinajstić information content (AvgIpc) is 3.50. The molecule has 0 N–H and O–H groups in total. The summed E-state index contributed by atoms with van der Waals surface area (Å²) in [5.41, 5.74) is 6.82. The Hall–Kier alpha value is -5.92. The van der Waals surface area contributed by atoms with Crippen LogP contribution in [0.4, 0.5) is 0 Å². The normalized spacial score (nSPS) is 12.0. The molecule has 1 heteroatoms. The minimum absolute atomic E-state index is 0.914. The maximum atomic E-state index is 6.53. The molecule has 0 aliphatic heterocycles. The van der Waals surface area contributed by atoms with Crippen molar-refractivity contribution in [2.24, 2.45) is 0 Å². The monoisotopic (exact) mass is 570 g/mol. The second kappa shape index (κ2) is 9.29. The van der Waals surface area contributed by atoms with Crippen LogP contribution >= 0.6 is 0 Å². The first-order valence-electron chi connectivity index (χ1n) is 15.5. The zero-order chi connectivity index (χ0) is 29.5. The Bertz CT molecular complexity index is 2760. The molecule has 0 saturated carbocycles. The Labute approximate surface area is 259 Å². The second-order valence-electron chi connectivity index (χ2n) is 12.0. The number of furan rings is 1. The summed E-state index contributed by atoms with van der Waals surface area (Å²) in [7, 11) is 0. The summed E-state index contributed by atoms with van der Waals surface area (Å²) in [5.74, 6) is 0. The second-order valence-corrected chi connectivity index (χ2v) is 12.0. The third-order valence-corrected chi connectivity index (χ3v) is 9.63. The van der Waals surface area contributed by atoms with E-state index in [0.29, 0.717) is 0 Å². The minimum atomic E-state index is 0.914. The Morgan fingerprint density at radius 2 is 0.800 bits per heavy atom. The van der Waals surface area contributed by atoms with Gasteiger partial charge in [-0.25, -0.2) is 0 Å². The van der Waals surface area contributed by atoms with Gasteiger partial charge in [0, 0.05) is 10.8 Å². The summed E-state index contributed by atoms with van der Waals surface area (Å²) in [6, 6.07) is 57.3. The van der Waals surface area contributed by atoms with Crippen molar-refractivity contribution < 1.29 is 4.42 Å². The summed E-state index contributed by atoms with van der Waals surface area (Å²) in [6.07, 6.45) is 0. The molecule has 45 heavy (non-hydrogen) atoms. The van der Waals surface area contributed by atoms with Crippen LogP contribution in [0.25, 0.3) is 98.1 Å². The molecule has 0 spiro atoms. The highest BCUT2D eigenvalue weighted by Crippen LogP contribution is 2.49. The number of fused-ring (bicyclic) bond motifs is 10. The zero-order valence-electron chi connectivity index (χ0n) is 24.4. The molecule has 0 unspecified atom stereocenters. The fraction of sp³-hybridized carbons (Fsp3) is 0. The van der Waals surface area contributed by atoms with E-state index in [2.05, 4.69) is 158 Å². The Kier molecular flexibility index (Phi) is 5.06. The lowest BCUT2D eigenvalue weighted by atomic mass is 9.83. The van der Waals surface area contributed by atoms with Crippen molar-refractivity contribution in [2.75, 3.05) is 0 Å². The van der Waals surface area contributed by atoms with Crippen LogP contribution in [0.2, 0.25) is 0 Å². The van der Waals surface area contributed by atoms with E-state index in [4.69, 9.17) is 4.42 Å². The van der Waals surface area contributed by atoms with Crippen LogP contribution in [-0.4, -0.2) is 0 Å². The largest absolute Gasteiger partial charge is 0.456 e. The van der Waals surface area contributed by atoms with E-state index in [-0.39, 0.29) is 0 Å². The first-order chi connectivity index (χ1) is 22.3. The van der Waals surface area contributed by atoms with E-state index < -0.39 is 0 Å². The van der Waals surface area contributed by atoms with E-state index >= 15 is 0 Å². The molecule has 0 radical (unpaired) electrons. The van der Waals surface area contributed by atoms with Gasteiger partial charge in [0.05, 0.1) is 0 Å². The maximum Gasteiger partial charge on any atom is 0.136 e. The molecular weight excluding hydrogens is 544 g/mol. The summed E-state index contributed by atoms with van der Waals surface area (Å²) in [5, 5.41) is 14.9. The van der Waals surface area contributed by atoms with Gasteiger partial charge in [-0.15, -0.1) is 0 Å². The van der Waals surface area contributed by atoms with Gasteiger partial charge in [0.1, 0.15) is 11.2 Å². The van der Waals surface area contributed by atoms with Crippen molar-refractivity contribution in [2.45, 2.75) is 0 Å². The molecule has 0 bridgehead atoms. The van der Waals surface area contributed by atoms with Gasteiger partial charge in [-0.1, -0.05) is 140 Å². The summed E-state index contributed by atoms with van der Waals surface area (Å²) < 4.78 is 6.53. The van der Waals surface area contributed by atoms with Crippen molar-refractivity contribution in [1.82, 2.24) is 0 Å². The maximum absolute atomic E-state index is 6.53. The topological polar surface area (TPSA) is 13.1 Å². The number of benzene rings is 9. The van der Waals surface area contributed by atoms with Crippen molar-refractivity contribution in [1.29, 1.82) is 0 Å². The van der Waals surface area contributed by atoms with E-state index in [9.17, 15) is 0 Å². The summed E-state index contributed by atoms with van der Waals surface area (Å²) >= 11 is 0. The lowest BCUT2D eigenvalue weighted by molar-refractivity contribution is 0.669. The molecule has 10 rings (SSSR count). The highest BCUT2D eigenvalue weighted by atomic mass is 16.3. The Morgan fingerprint density at radius 3 is 1.49 bits per heavy atom. The molecule has 0 fully saturated rings. The third-order valence-electron chi connectivity index (χ3n) is 9.63. The highest BCUT2D eigenvalue weighted by Gasteiger charge is 2.22. The minimum Gasteiger partial charge on any atom is -0.456 e. The fourth-order valence-electron chi connectivity index (χ4n) is 7.77. The van der Waals surface area contributed by atoms with E-state index in [1.807, 2.05) is 0 Å². The average molecular weight is 571 g/mol. The summed E-state index contributed by atoms with van der Waals surface area (Å²) in [6.45, 7) is 0. The van der Waals surface area contributed by atoms with Gasteiger partial charge in [0.25, 0.3) is 0 Å². The third kappa shape index (κ3) is 3.44. The molecule has 1 heterocycles. The molecule has 0 amide bonds. The quantitative estimate of drug-likeness (QED) is 0.149. The van der Waals surface area contributed by atoms with Crippen molar-refractivity contribution in [3.05, 3.63) is 158 Å². The van der Waals surface area contributed by atoms with E-state index in [1.165, 1.54) is 86.9 Å². The highest BCUT2D eigenvalue weighted by molar-refractivity contribution is 6.30. The van der Waals surface area contributed by atoms with Crippen LogP contribution in [0.15, 0.2) is 162 Å². The first-order valence-corrected chi connectivity index (χ1v) is 15.5. The molecule has 0 atom stereocenters. The number of hydrogen-bond acceptors (Lipinski definition) is 1. The lowest BCUT2D eigenvalue weighted by Crippen LogP contribution is -1.92. The fourth-order valence-corrected chi connectivity index (χ4v) is 7.77. The van der Waals surface area contributed by atoms with Gasteiger partial charge in [0.2, 0.25) is 0 Å². The predicted molar refractivity (Wildman–Crippen MR) is 192 cm³/mol. The lowest BCUT2D eigenvalue weighted by Gasteiger charge is -2.20. The van der Waals surface area contributed by atoms with Gasteiger partial charge in [-0.3, -0.25) is 0 Å². The van der Waals surface area contributed by atoms with Crippen LogP contribution in [0.5, 0.6) is 0 Å². The Balaban J connectivity index is 1.40. The first kappa shape index (κ1) is 24.5. The number of hydrogen-bond donors (Lipinski definition) is 0. The van der Waals surface area contributed by atoms with Crippen LogP contribution in [0, 0.1) is 0 Å². The predicted octanol–water partition coefficient (Wildman–Crippen LogP) is 12.7. The van der Waals surface area contributed by atoms with Gasteiger partial charge in [-0.2, -0.15) is 0 Å². The molecular formula is C44H26O. The molecule has 0 aliphatic carbocycles. The van der Waals surface area contributed by atoms with Crippen LogP contribution in [-0.2, 0) is 0 Å².